The third kappa shape index (κ3) is 11.5. The van der Waals surface area contributed by atoms with Gasteiger partial charge >= 0.3 is 20.8 Å². The molecule has 234 valence electrons. The van der Waals surface area contributed by atoms with Crippen molar-refractivity contribution in [3.8, 4) is 11.5 Å². The van der Waals surface area contributed by atoms with Gasteiger partial charge in [0.05, 0.1) is 5.57 Å². The van der Waals surface area contributed by atoms with Crippen LogP contribution >= 0.6 is 0 Å². The summed E-state index contributed by atoms with van der Waals surface area (Å²) in [6, 6.07) is 18.6. The summed E-state index contributed by atoms with van der Waals surface area (Å²) in [5.41, 5.74) is 1.73. The van der Waals surface area contributed by atoms with Crippen LogP contribution in [0.4, 0.5) is 0 Å². The first-order valence-electron chi connectivity index (χ1n) is 12.8. The number of hydrogen-bond acceptors (Lipinski definition) is 9. The minimum Gasteiger partial charge on any atom is -0.362 e. The van der Waals surface area contributed by atoms with Crippen molar-refractivity contribution in [2.24, 2.45) is 0 Å². The number of carbonyl (C=O) groups is 3. The lowest BCUT2D eigenvalue weighted by Gasteiger charge is -2.17. The van der Waals surface area contributed by atoms with Crippen LogP contribution in [0.3, 0.4) is 0 Å². The van der Waals surface area contributed by atoms with Crippen LogP contribution in [-0.2, 0) is 48.0 Å². The van der Waals surface area contributed by atoms with Crippen LogP contribution in [0, 0.1) is 0 Å². The highest BCUT2D eigenvalue weighted by atomic mass is 32.3. The molecular weight excluding hydrogens is 618 g/mol. The molecule has 0 radical (unpaired) electrons. The van der Waals surface area contributed by atoms with Crippen molar-refractivity contribution in [3.63, 3.8) is 0 Å². The molecule has 3 amide bonds. The fraction of sp³-hybridized carbons (Fsp3) is 0.179. The summed E-state index contributed by atoms with van der Waals surface area (Å²) in [5, 5.41) is 7.77. The van der Waals surface area contributed by atoms with Gasteiger partial charge in [0.1, 0.15) is 17.5 Å². The SMILES string of the molecule is CNC(=O)C(Cc1ccc(OS(=O)(=O)O)cc1)NC(=O)C=C(C(=O)NCCc1ccc(OS(=O)(=O)O)cc1)c1ccccc1. The van der Waals surface area contributed by atoms with Crippen LogP contribution < -0.4 is 24.3 Å². The van der Waals surface area contributed by atoms with Gasteiger partial charge in [0.25, 0.3) is 5.91 Å². The van der Waals surface area contributed by atoms with E-state index in [0.717, 1.165) is 11.6 Å². The first-order valence-corrected chi connectivity index (χ1v) is 15.5. The van der Waals surface area contributed by atoms with E-state index in [1.54, 1.807) is 42.5 Å². The number of amides is 3. The van der Waals surface area contributed by atoms with E-state index in [2.05, 4.69) is 24.3 Å². The van der Waals surface area contributed by atoms with Crippen molar-refractivity contribution in [1.29, 1.82) is 0 Å². The van der Waals surface area contributed by atoms with E-state index in [1.165, 1.54) is 43.4 Å². The highest BCUT2D eigenvalue weighted by Gasteiger charge is 2.21. The Morgan fingerprint density at radius 2 is 1.32 bits per heavy atom. The molecule has 0 aliphatic carbocycles. The first kappa shape index (κ1) is 33.7. The molecular formula is C28H29N3O11S2. The van der Waals surface area contributed by atoms with Gasteiger partial charge in [-0.15, -0.1) is 0 Å². The van der Waals surface area contributed by atoms with Crippen molar-refractivity contribution >= 4 is 44.1 Å². The molecule has 3 aromatic carbocycles. The van der Waals surface area contributed by atoms with Gasteiger partial charge in [-0.25, -0.2) is 0 Å². The molecule has 3 rings (SSSR count). The van der Waals surface area contributed by atoms with Crippen molar-refractivity contribution in [2.45, 2.75) is 18.9 Å². The monoisotopic (exact) mass is 647 g/mol. The highest BCUT2D eigenvalue weighted by Crippen LogP contribution is 2.17. The van der Waals surface area contributed by atoms with Crippen molar-refractivity contribution < 1.29 is 48.7 Å². The Labute approximate surface area is 254 Å². The molecule has 0 saturated heterocycles. The lowest BCUT2D eigenvalue weighted by molar-refractivity contribution is -0.126. The largest absolute Gasteiger partial charge is 0.446 e. The number of rotatable bonds is 14. The van der Waals surface area contributed by atoms with E-state index in [4.69, 9.17) is 9.11 Å². The van der Waals surface area contributed by atoms with E-state index in [-0.39, 0.29) is 30.0 Å². The molecule has 0 saturated carbocycles. The predicted octanol–water partition coefficient (Wildman–Crippen LogP) is 1.27. The second kappa shape index (κ2) is 15.1. The maximum Gasteiger partial charge on any atom is 0.446 e. The maximum atomic E-state index is 13.2. The Bertz CT molecular complexity index is 1710. The maximum absolute atomic E-state index is 13.2. The van der Waals surface area contributed by atoms with Crippen LogP contribution in [0.15, 0.2) is 84.9 Å². The molecule has 16 heteroatoms. The van der Waals surface area contributed by atoms with Crippen LogP contribution in [-0.4, -0.2) is 63.3 Å². The molecule has 3 aromatic rings. The molecule has 0 spiro atoms. The van der Waals surface area contributed by atoms with Gasteiger partial charge < -0.3 is 24.3 Å². The number of benzene rings is 3. The average Bonchev–Trinajstić information content (AvgIpc) is 2.96. The predicted molar refractivity (Wildman–Crippen MR) is 158 cm³/mol. The van der Waals surface area contributed by atoms with Crippen LogP contribution in [0.5, 0.6) is 11.5 Å². The second-order valence-electron chi connectivity index (χ2n) is 9.12. The summed E-state index contributed by atoms with van der Waals surface area (Å²) in [6.07, 6.45) is 1.43. The molecule has 0 aromatic heterocycles. The summed E-state index contributed by atoms with van der Waals surface area (Å²) >= 11 is 0. The standard InChI is InChI=1S/C28H29N3O11S2/c1-29-28(34)25(17-20-9-13-23(14-10-20)42-44(38,39)40)31-26(32)18-24(21-5-3-2-4-6-21)27(33)30-16-15-19-7-11-22(12-8-19)41-43(35,36)37/h2-14,18,25H,15-17H2,1H3,(H,29,34)(H,30,33)(H,31,32)(H,35,36,37)(H,38,39,40). The smallest absolute Gasteiger partial charge is 0.362 e. The Morgan fingerprint density at radius 1 is 0.795 bits per heavy atom. The molecule has 5 N–H and O–H groups in total. The van der Waals surface area contributed by atoms with Gasteiger partial charge in [0, 0.05) is 26.1 Å². The lowest BCUT2D eigenvalue weighted by atomic mass is 10.0. The van der Waals surface area contributed by atoms with Gasteiger partial charge in [0.15, 0.2) is 0 Å². The summed E-state index contributed by atoms with van der Waals surface area (Å²) in [6.45, 7) is 0.154. The molecule has 0 bridgehead atoms. The van der Waals surface area contributed by atoms with Crippen molar-refractivity contribution in [2.75, 3.05) is 13.6 Å². The van der Waals surface area contributed by atoms with Crippen LogP contribution in [0.1, 0.15) is 16.7 Å². The zero-order valence-electron chi connectivity index (χ0n) is 23.2. The molecule has 14 nitrogen and oxygen atoms in total. The average molecular weight is 648 g/mol. The number of nitrogens with one attached hydrogen (secondary N) is 3. The lowest BCUT2D eigenvalue weighted by Crippen LogP contribution is -2.46. The van der Waals surface area contributed by atoms with E-state index < -0.39 is 44.6 Å². The van der Waals surface area contributed by atoms with E-state index in [1.807, 2.05) is 0 Å². The number of carbonyl (C=O) groups excluding carboxylic acids is 3. The molecule has 0 heterocycles. The quantitative estimate of drug-likeness (QED) is 0.124. The third-order valence-corrected chi connectivity index (χ3v) is 6.68. The first-order chi connectivity index (χ1) is 20.7. The Balaban J connectivity index is 1.71. The van der Waals surface area contributed by atoms with E-state index in [9.17, 15) is 31.2 Å². The molecule has 0 fully saturated rings. The number of hydrogen-bond donors (Lipinski definition) is 5. The van der Waals surface area contributed by atoms with Gasteiger partial charge in [-0.05, 0) is 47.4 Å². The van der Waals surface area contributed by atoms with Crippen LogP contribution in [0.25, 0.3) is 5.57 Å². The second-order valence-corrected chi connectivity index (χ2v) is 11.2. The molecule has 1 atom stereocenters. The molecule has 0 aliphatic rings. The van der Waals surface area contributed by atoms with E-state index >= 15 is 0 Å². The molecule has 44 heavy (non-hydrogen) atoms. The third-order valence-electron chi connectivity index (χ3n) is 5.87. The highest BCUT2D eigenvalue weighted by molar-refractivity contribution is 7.81. The fourth-order valence-corrected chi connectivity index (χ4v) is 4.62. The zero-order valence-corrected chi connectivity index (χ0v) is 24.8. The van der Waals surface area contributed by atoms with Crippen molar-refractivity contribution in [3.05, 3.63) is 102 Å². The van der Waals surface area contributed by atoms with E-state index in [0.29, 0.717) is 17.5 Å². The fourth-order valence-electron chi connectivity index (χ4n) is 3.91. The summed E-state index contributed by atoms with van der Waals surface area (Å²) in [7, 11) is -7.97. The summed E-state index contributed by atoms with van der Waals surface area (Å²) in [4.78, 5) is 38.8. The Morgan fingerprint density at radius 3 is 1.82 bits per heavy atom. The Hall–Kier alpha value is -4.77. The van der Waals surface area contributed by atoms with Crippen molar-refractivity contribution in [1.82, 2.24) is 16.0 Å². The molecule has 1 unspecified atom stereocenters. The summed E-state index contributed by atoms with van der Waals surface area (Å²) in [5.74, 6) is -2.05. The van der Waals surface area contributed by atoms with Gasteiger partial charge in [-0.1, -0.05) is 54.6 Å². The normalized spacial score (nSPS) is 12.5. The van der Waals surface area contributed by atoms with Crippen LogP contribution in [0.2, 0.25) is 0 Å². The summed E-state index contributed by atoms with van der Waals surface area (Å²) < 4.78 is 69.8. The van der Waals surface area contributed by atoms with Gasteiger partial charge in [-0.3, -0.25) is 23.5 Å². The number of likely N-dealkylation sites (N-methyl/N-ethyl adjacent to an activating group) is 1. The molecule has 0 aliphatic heterocycles. The van der Waals surface area contributed by atoms with Gasteiger partial charge in [-0.2, -0.15) is 16.8 Å². The Kier molecular flexibility index (Phi) is 11.6. The topological polar surface area (TPSA) is 214 Å². The minimum atomic E-state index is -4.71. The zero-order chi connectivity index (χ0) is 32.3. The minimum absolute atomic E-state index is 0.00629. The van der Waals surface area contributed by atoms with Gasteiger partial charge in [0.2, 0.25) is 11.8 Å².